The molecule has 4 aliphatic rings. The summed E-state index contributed by atoms with van der Waals surface area (Å²) in [6, 6.07) is 1.98. The van der Waals surface area contributed by atoms with E-state index in [0.29, 0.717) is 12.8 Å². The van der Waals surface area contributed by atoms with Crippen LogP contribution >= 0.6 is 0 Å². The molecule has 0 saturated heterocycles. The summed E-state index contributed by atoms with van der Waals surface area (Å²) >= 11 is 0. The summed E-state index contributed by atoms with van der Waals surface area (Å²) in [5.74, 6) is -0.0982. The first-order valence-electron chi connectivity index (χ1n) is 11.6. The number of ether oxygens (including phenoxy) is 1. The number of ketones is 1. The van der Waals surface area contributed by atoms with E-state index < -0.39 is 17.1 Å². The molecule has 0 radical (unpaired) electrons. The highest BCUT2D eigenvalue weighted by atomic mass is 16.6. The molecule has 168 valence electrons. The van der Waals surface area contributed by atoms with E-state index >= 15 is 0 Å². The van der Waals surface area contributed by atoms with E-state index in [0.717, 1.165) is 18.4 Å². The summed E-state index contributed by atoms with van der Waals surface area (Å²) in [5, 5.41) is 11.7. The van der Waals surface area contributed by atoms with Crippen molar-refractivity contribution in [3.8, 4) is 0 Å². The molecule has 3 saturated carbocycles. The Balaban J connectivity index is 1.63. The average molecular weight is 427 g/mol. The molecule has 5 rings (SSSR count). The quantitative estimate of drug-likeness (QED) is 0.661. The molecule has 5 heteroatoms. The van der Waals surface area contributed by atoms with E-state index in [2.05, 4.69) is 20.8 Å². The van der Waals surface area contributed by atoms with Crippen LogP contribution in [0.2, 0.25) is 0 Å². The molecule has 2 heterocycles. The fourth-order valence-corrected chi connectivity index (χ4v) is 8.69. The molecule has 0 unspecified atom stereocenters. The number of fused-ring (bicyclic) bond motifs is 5. The molecule has 3 aliphatic carbocycles. The molecule has 1 aromatic rings. The van der Waals surface area contributed by atoms with Gasteiger partial charge in [-0.15, -0.1) is 0 Å². The second-order valence-electron chi connectivity index (χ2n) is 11.7. The number of carbonyl (C=O) groups excluding carboxylic acids is 2. The molecule has 0 amide bonds. The largest absolute Gasteiger partial charge is 0.472 e. The first-order valence-corrected chi connectivity index (χ1v) is 11.6. The first kappa shape index (κ1) is 21.0. The van der Waals surface area contributed by atoms with Gasteiger partial charge in [0.2, 0.25) is 0 Å². The predicted octanol–water partition coefficient (Wildman–Crippen LogP) is 4.65. The van der Waals surface area contributed by atoms with Gasteiger partial charge in [-0.25, -0.2) is 4.79 Å². The number of carbonyl (C=O) groups is 2. The zero-order valence-electron chi connectivity index (χ0n) is 19.2. The Labute approximate surface area is 184 Å². The third kappa shape index (κ3) is 2.59. The number of Topliss-reactive ketones (excluding diaryl/α,β-unsaturated/α-hetero) is 1. The maximum atomic E-state index is 13.6. The van der Waals surface area contributed by atoms with Gasteiger partial charge in [0.1, 0.15) is 11.4 Å². The summed E-state index contributed by atoms with van der Waals surface area (Å²) in [6.07, 6.45) is 9.26. The van der Waals surface area contributed by atoms with Gasteiger partial charge in [0, 0.05) is 29.7 Å². The Morgan fingerprint density at radius 3 is 2.52 bits per heavy atom. The van der Waals surface area contributed by atoms with Gasteiger partial charge in [0.15, 0.2) is 0 Å². The van der Waals surface area contributed by atoms with Crippen molar-refractivity contribution in [3.05, 3.63) is 36.3 Å². The minimum Gasteiger partial charge on any atom is -0.472 e. The summed E-state index contributed by atoms with van der Waals surface area (Å²) < 4.78 is 11.1. The number of hydrogen-bond acceptors (Lipinski definition) is 5. The normalized spacial score (nSPS) is 48.4. The number of allylic oxidation sites excluding steroid dienone is 1. The second-order valence-corrected chi connectivity index (χ2v) is 11.7. The molecule has 0 spiro atoms. The Bertz CT molecular complexity index is 945. The molecule has 3 fully saturated rings. The standard InChI is InChI=1S/C26H34O5/c1-23(2)19-13-20(28)26(5)18(25(19,4)10-7-21(29)31-23)6-9-24(3)16(12-17(27)22(24)26)15-8-11-30-14-15/h7-8,10-11,14,16,18-20,22,28H,6,9,12-13H2,1-5H3/t16-,18+,19-,20+,22+,24-,25+,26-/m0/s1. The van der Waals surface area contributed by atoms with Crippen molar-refractivity contribution in [2.75, 3.05) is 0 Å². The Hall–Kier alpha value is -1.88. The lowest BCUT2D eigenvalue weighted by Crippen LogP contribution is -2.66. The highest BCUT2D eigenvalue weighted by Gasteiger charge is 2.71. The lowest BCUT2D eigenvalue weighted by Gasteiger charge is -2.65. The first-order chi connectivity index (χ1) is 14.4. The topological polar surface area (TPSA) is 76.7 Å². The molecule has 31 heavy (non-hydrogen) atoms. The number of rotatable bonds is 1. The smallest absolute Gasteiger partial charge is 0.330 e. The van der Waals surface area contributed by atoms with Crippen LogP contribution in [0.5, 0.6) is 0 Å². The van der Waals surface area contributed by atoms with Crippen molar-refractivity contribution in [2.45, 2.75) is 77.9 Å². The summed E-state index contributed by atoms with van der Waals surface area (Å²) in [5.41, 5.74) is -0.700. The Morgan fingerprint density at radius 2 is 1.84 bits per heavy atom. The zero-order chi connectivity index (χ0) is 22.4. The number of aliphatic hydroxyl groups excluding tert-OH is 1. The van der Waals surface area contributed by atoms with Crippen molar-refractivity contribution >= 4 is 11.8 Å². The third-order valence-corrected chi connectivity index (χ3v) is 9.93. The van der Waals surface area contributed by atoms with Gasteiger partial charge >= 0.3 is 5.97 Å². The molecule has 8 atom stereocenters. The van der Waals surface area contributed by atoms with Gasteiger partial charge in [-0.05, 0) is 67.4 Å². The maximum Gasteiger partial charge on any atom is 0.330 e. The molecule has 1 N–H and O–H groups in total. The van der Waals surface area contributed by atoms with Crippen LogP contribution in [0, 0.1) is 34.0 Å². The number of furan rings is 1. The third-order valence-electron chi connectivity index (χ3n) is 9.93. The fraction of sp³-hybridized carbons (Fsp3) is 0.692. The number of cyclic esters (lactones) is 1. The van der Waals surface area contributed by atoms with Crippen LogP contribution in [-0.2, 0) is 14.3 Å². The number of aliphatic hydroxyl groups is 1. The molecular formula is C26H34O5. The molecule has 0 aromatic carbocycles. The Morgan fingerprint density at radius 1 is 1.10 bits per heavy atom. The van der Waals surface area contributed by atoms with Gasteiger partial charge in [-0.1, -0.05) is 26.8 Å². The highest BCUT2D eigenvalue weighted by Crippen LogP contribution is 2.72. The Kier molecular flexibility index (Phi) is 4.29. The SMILES string of the molecule is CC1(C)OC(=O)C=C[C@]2(C)[C@H]3CC[C@]4(C)[C@@H](C(=O)C[C@H]4c4ccoc4)[C@]3(C)[C@H](O)C[C@@H]12. The molecule has 1 aliphatic heterocycles. The van der Waals surface area contributed by atoms with Crippen molar-refractivity contribution < 1.29 is 23.8 Å². The number of esters is 1. The van der Waals surface area contributed by atoms with Crippen LogP contribution in [0.4, 0.5) is 0 Å². The van der Waals surface area contributed by atoms with Crippen LogP contribution in [0.3, 0.4) is 0 Å². The van der Waals surface area contributed by atoms with Crippen molar-refractivity contribution in [2.24, 2.45) is 34.0 Å². The average Bonchev–Trinajstić information content (AvgIpc) is 3.27. The van der Waals surface area contributed by atoms with Crippen LogP contribution in [0.15, 0.2) is 35.2 Å². The van der Waals surface area contributed by atoms with Crippen LogP contribution in [0.1, 0.15) is 71.8 Å². The van der Waals surface area contributed by atoms with Gasteiger partial charge < -0.3 is 14.3 Å². The van der Waals surface area contributed by atoms with Crippen LogP contribution < -0.4 is 0 Å². The van der Waals surface area contributed by atoms with E-state index in [4.69, 9.17) is 9.15 Å². The van der Waals surface area contributed by atoms with E-state index in [1.165, 1.54) is 0 Å². The summed E-state index contributed by atoms with van der Waals surface area (Å²) in [4.78, 5) is 25.9. The highest BCUT2D eigenvalue weighted by molar-refractivity contribution is 5.87. The van der Waals surface area contributed by atoms with Crippen molar-refractivity contribution in [1.82, 2.24) is 0 Å². The summed E-state index contributed by atoms with van der Waals surface area (Å²) in [7, 11) is 0. The molecule has 0 bridgehead atoms. The fourth-order valence-electron chi connectivity index (χ4n) is 8.69. The monoisotopic (exact) mass is 426 g/mol. The summed E-state index contributed by atoms with van der Waals surface area (Å²) in [6.45, 7) is 10.5. The predicted molar refractivity (Wildman–Crippen MR) is 115 cm³/mol. The van der Waals surface area contributed by atoms with Crippen LogP contribution in [0.25, 0.3) is 0 Å². The van der Waals surface area contributed by atoms with Gasteiger partial charge in [-0.2, -0.15) is 0 Å². The van der Waals surface area contributed by atoms with E-state index in [-0.39, 0.29) is 46.3 Å². The molecule has 1 aromatic heterocycles. The van der Waals surface area contributed by atoms with Gasteiger partial charge in [-0.3, -0.25) is 4.79 Å². The number of hydrogen-bond donors (Lipinski definition) is 1. The van der Waals surface area contributed by atoms with Gasteiger partial charge in [0.05, 0.1) is 18.6 Å². The zero-order valence-corrected chi connectivity index (χ0v) is 19.2. The second kappa shape index (κ2) is 6.34. The van der Waals surface area contributed by atoms with E-state index in [1.807, 2.05) is 26.0 Å². The van der Waals surface area contributed by atoms with Gasteiger partial charge in [0.25, 0.3) is 0 Å². The van der Waals surface area contributed by atoms with Crippen molar-refractivity contribution in [3.63, 3.8) is 0 Å². The minimum atomic E-state index is -0.683. The minimum absolute atomic E-state index is 0.0127. The maximum absolute atomic E-state index is 13.6. The van der Waals surface area contributed by atoms with E-state index in [1.54, 1.807) is 18.6 Å². The van der Waals surface area contributed by atoms with Crippen molar-refractivity contribution in [1.29, 1.82) is 0 Å². The molecule has 5 nitrogen and oxygen atoms in total. The van der Waals surface area contributed by atoms with E-state index in [9.17, 15) is 14.7 Å². The molecular weight excluding hydrogens is 392 g/mol. The van der Waals surface area contributed by atoms with Crippen LogP contribution in [-0.4, -0.2) is 28.6 Å². The lowest BCUT2D eigenvalue weighted by atomic mass is 9.39. The lowest BCUT2D eigenvalue weighted by molar-refractivity contribution is -0.219.